The molecular weight excluding hydrogens is 458 g/mol. The van der Waals surface area contributed by atoms with E-state index in [0.29, 0.717) is 36.0 Å². The van der Waals surface area contributed by atoms with Gasteiger partial charge in [0, 0.05) is 34.8 Å². The third-order valence-electron chi connectivity index (χ3n) is 5.24. The summed E-state index contributed by atoms with van der Waals surface area (Å²) < 4.78 is 37.3. The van der Waals surface area contributed by atoms with Gasteiger partial charge in [0.25, 0.3) is 5.91 Å². The SMILES string of the molecule is O=C(Cc1cc(Cl)cc2c1OCOC2)NNC(=O)c1ccc(S(=O)(=O)N2CCCC2)cc1. The number of halogens is 1. The van der Waals surface area contributed by atoms with Crippen LogP contribution in [0, 0.1) is 0 Å². The number of carbonyl (C=O) groups excluding carboxylic acids is 2. The first-order valence-corrected chi connectivity index (χ1v) is 11.9. The number of carbonyl (C=O) groups is 2. The molecule has 2 aliphatic heterocycles. The number of nitrogens with one attached hydrogen (secondary N) is 2. The largest absolute Gasteiger partial charge is 0.467 e. The van der Waals surface area contributed by atoms with Gasteiger partial charge < -0.3 is 9.47 Å². The molecule has 0 radical (unpaired) electrons. The maximum Gasteiger partial charge on any atom is 0.269 e. The van der Waals surface area contributed by atoms with Gasteiger partial charge in [0.2, 0.25) is 15.9 Å². The van der Waals surface area contributed by atoms with Crippen molar-refractivity contribution in [2.75, 3.05) is 19.9 Å². The molecule has 0 saturated carbocycles. The summed E-state index contributed by atoms with van der Waals surface area (Å²) in [5, 5.41) is 0.452. The summed E-state index contributed by atoms with van der Waals surface area (Å²) in [6.45, 7) is 1.43. The van der Waals surface area contributed by atoms with Crippen LogP contribution in [-0.2, 0) is 32.6 Å². The first-order valence-electron chi connectivity index (χ1n) is 10.1. The van der Waals surface area contributed by atoms with Crippen LogP contribution in [0.2, 0.25) is 5.02 Å². The Kier molecular flexibility index (Phi) is 6.66. The lowest BCUT2D eigenvalue weighted by Gasteiger charge is -2.21. The Morgan fingerprint density at radius 3 is 2.50 bits per heavy atom. The Morgan fingerprint density at radius 1 is 1.06 bits per heavy atom. The van der Waals surface area contributed by atoms with Gasteiger partial charge in [0.15, 0.2) is 6.79 Å². The van der Waals surface area contributed by atoms with Crippen molar-refractivity contribution < 1.29 is 27.5 Å². The van der Waals surface area contributed by atoms with Crippen molar-refractivity contribution in [2.24, 2.45) is 0 Å². The van der Waals surface area contributed by atoms with Gasteiger partial charge in [0.05, 0.1) is 17.9 Å². The molecule has 2 N–H and O–H groups in total. The molecule has 0 bridgehead atoms. The minimum Gasteiger partial charge on any atom is -0.467 e. The van der Waals surface area contributed by atoms with E-state index in [2.05, 4.69) is 10.9 Å². The molecule has 2 amide bonds. The summed E-state index contributed by atoms with van der Waals surface area (Å²) in [5.74, 6) is -0.482. The van der Waals surface area contributed by atoms with Gasteiger partial charge >= 0.3 is 0 Å². The predicted molar refractivity (Wildman–Crippen MR) is 115 cm³/mol. The summed E-state index contributed by atoms with van der Waals surface area (Å²) in [6.07, 6.45) is 1.63. The zero-order valence-corrected chi connectivity index (χ0v) is 18.7. The van der Waals surface area contributed by atoms with E-state index in [1.807, 2.05) is 0 Å². The van der Waals surface area contributed by atoms with Crippen molar-refractivity contribution in [1.82, 2.24) is 15.2 Å². The molecule has 0 atom stereocenters. The molecule has 0 aliphatic carbocycles. The molecule has 2 aromatic rings. The van der Waals surface area contributed by atoms with Crippen molar-refractivity contribution in [3.05, 3.63) is 58.1 Å². The van der Waals surface area contributed by atoms with Crippen LogP contribution in [0.25, 0.3) is 0 Å². The lowest BCUT2D eigenvalue weighted by Crippen LogP contribution is -2.42. The quantitative estimate of drug-likeness (QED) is 0.634. The fourth-order valence-electron chi connectivity index (χ4n) is 3.66. The Labute approximate surface area is 190 Å². The monoisotopic (exact) mass is 479 g/mol. The molecule has 32 heavy (non-hydrogen) atoms. The second-order valence-corrected chi connectivity index (χ2v) is 9.85. The molecule has 170 valence electrons. The Bertz CT molecular complexity index is 1130. The number of amides is 2. The summed E-state index contributed by atoms with van der Waals surface area (Å²) in [5.41, 5.74) is 6.23. The Balaban J connectivity index is 1.36. The number of hydrazine groups is 1. The summed E-state index contributed by atoms with van der Waals surface area (Å²) >= 11 is 6.10. The highest BCUT2D eigenvalue weighted by Crippen LogP contribution is 2.31. The van der Waals surface area contributed by atoms with E-state index in [9.17, 15) is 18.0 Å². The van der Waals surface area contributed by atoms with E-state index in [1.54, 1.807) is 12.1 Å². The first-order chi connectivity index (χ1) is 15.3. The average Bonchev–Trinajstić information content (AvgIpc) is 3.33. The third kappa shape index (κ3) is 4.88. The number of rotatable bonds is 5. The standard InChI is InChI=1S/C21H22ClN3O6S/c22-17-9-15(20-16(10-17)12-30-13-31-20)11-19(26)23-24-21(27)14-3-5-18(6-4-14)32(28,29)25-7-1-2-8-25/h3-6,9-10H,1-2,7-8,11-13H2,(H,23,26)(H,24,27). The minimum atomic E-state index is -3.55. The number of hydrogen-bond donors (Lipinski definition) is 2. The lowest BCUT2D eigenvalue weighted by molar-refractivity contribution is -0.121. The van der Waals surface area contributed by atoms with Crippen molar-refractivity contribution in [1.29, 1.82) is 0 Å². The molecule has 11 heteroatoms. The zero-order chi connectivity index (χ0) is 22.7. The topological polar surface area (TPSA) is 114 Å². The van der Waals surface area contributed by atoms with Gasteiger partial charge in [-0.2, -0.15) is 4.31 Å². The Hall–Kier alpha value is -2.66. The fraction of sp³-hybridized carbons (Fsp3) is 0.333. The number of sulfonamides is 1. The molecule has 2 aliphatic rings. The molecule has 1 fully saturated rings. The van der Waals surface area contributed by atoms with Crippen LogP contribution in [0.4, 0.5) is 0 Å². The van der Waals surface area contributed by atoms with Gasteiger partial charge in [-0.3, -0.25) is 20.4 Å². The molecule has 2 aromatic carbocycles. The highest BCUT2D eigenvalue weighted by Gasteiger charge is 2.27. The van der Waals surface area contributed by atoms with Crippen molar-refractivity contribution in [3.8, 4) is 5.75 Å². The maximum absolute atomic E-state index is 12.6. The molecular formula is C21H22ClN3O6S. The molecule has 0 aromatic heterocycles. The van der Waals surface area contributed by atoms with Crippen LogP contribution in [0.5, 0.6) is 5.75 Å². The highest BCUT2D eigenvalue weighted by atomic mass is 35.5. The van der Waals surface area contributed by atoms with E-state index in [0.717, 1.165) is 18.4 Å². The predicted octanol–water partition coefficient (Wildman–Crippen LogP) is 1.99. The van der Waals surface area contributed by atoms with E-state index in [-0.39, 0.29) is 23.7 Å². The van der Waals surface area contributed by atoms with Gasteiger partial charge in [-0.25, -0.2) is 8.42 Å². The molecule has 1 saturated heterocycles. The normalized spacial score (nSPS) is 16.2. The molecule has 9 nitrogen and oxygen atoms in total. The molecule has 2 heterocycles. The van der Waals surface area contributed by atoms with Gasteiger partial charge in [-0.05, 0) is 49.2 Å². The lowest BCUT2D eigenvalue weighted by atomic mass is 10.1. The first kappa shape index (κ1) is 22.5. The third-order valence-corrected chi connectivity index (χ3v) is 7.37. The van der Waals surface area contributed by atoms with Crippen molar-refractivity contribution in [2.45, 2.75) is 30.8 Å². The summed E-state index contributed by atoms with van der Waals surface area (Å²) in [4.78, 5) is 24.8. The summed E-state index contributed by atoms with van der Waals surface area (Å²) in [7, 11) is -3.55. The molecule has 4 rings (SSSR count). The fourth-order valence-corrected chi connectivity index (χ4v) is 5.44. The van der Waals surface area contributed by atoms with Crippen LogP contribution in [0.15, 0.2) is 41.3 Å². The molecule has 0 unspecified atom stereocenters. The van der Waals surface area contributed by atoms with Crippen LogP contribution >= 0.6 is 11.6 Å². The number of nitrogens with zero attached hydrogens (tertiary/aromatic N) is 1. The van der Waals surface area contributed by atoms with Crippen LogP contribution in [0.3, 0.4) is 0 Å². The van der Waals surface area contributed by atoms with Crippen LogP contribution in [0.1, 0.15) is 34.3 Å². The summed E-state index contributed by atoms with van der Waals surface area (Å²) in [6, 6.07) is 8.95. The van der Waals surface area contributed by atoms with E-state index in [1.165, 1.54) is 28.6 Å². The number of benzene rings is 2. The second-order valence-electron chi connectivity index (χ2n) is 7.48. The van der Waals surface area contributed by atoms with Gasteiger partial charge in [0.1, 0.15) is 5.75 Å². The van der Waals surface area contributed by atoms with Crippen LogP contribution in [-0.4, -0.2) is 44.4 Å². The van der Waals surface area contributed by atoms with Crippen molar-refractivity contribution in [3.63, 3.8) is 0 Å². The molecule has 0 spiro atoms. The second kappa shape index (κ2) is 9.45. The number of hydrogen-bond acceptors (Lipinski definition) is 6. The van der Waals surface area contributed by atoms with Crippen LogP contribution < -0.4 is 15.6 Å². The van der Waals surface area contributed by atoms with Gasteiger partial charge in [-0.15, -0.1) is 0 Å². The zero-order valence-electron chi connectivity index (χ0n) is 17.1. The van der Waals surface area contributed by atoms with E-state index in [4.69, 9.17) is 21.1 Å². The Morgan fingerprint density at radius 2 is 1.78 bits per heavy atom. The smallest absolute Gasteiger partial charge is 0.269 e. The van der Waals surface area contributed by atoms with Crippen molar-refractivity contribution >= 4 is 33.4 Å². The average molecular weight is 480 g/mol. The number of fused-ring (bicyclic) bond motifs is 1. The minimum absolute atomic E-state index is 0.0593. The maximum atomic E-state index is 12.6. The van der Waals surface area contributed by atoms with E-state index >= 15 is 0 Å². The van der Waals surface area contributed by atoms with E-state index < -0.39 is 21.8 Å². The number of ether oxygens (including phenoxy) is 2. The highest BCUT2D eigenvalue weighted by molar-refractivity contribution is 7.89. The van der Waals surface area contributed by atoms with Gasteiger partial charge in [-0.1, -0.05) is 11.6 Å².